The third-order valence-electron chi connectivity index (χ3n) is 14.5. The number of phenols is 2. The lowest BCUT2D eigenvalue weighted by Gasteiger charge is -2.39. The number of aromatic hydroxyl groups is 2. The zero-order valence-electron chi connectivity index (χ0n) is 40.4. The van der Waals surface area contributed by atoms with E-state index in [4.69, 9.17) is 9.47 Å². The fourth-order valence-electron chi connectivity index (χ4n) is 10.7. The van der Waals surface area contributed by atoms with E-state index in [-0.39, 0.29) is 12.1 Å². The summed E-state index contributed by atoms with van der Waals surface area (Å²) in [5.41, 5.74) is 12.4. The van der Waals surface area contributed by atoms with Crippen LogP contribution in [0, 0.1) is 13.8 Å². The molecule has 10 rings (SSSR count). The lowest BCUT2D eigenvalue weighted by Crippen LogP contribution is -2.36. The normalized spacial score (nSPS) is 18.5. The SMILES string of the molecule is Cc1ccc(N2CCc3cc(O)ccc3C2Cc2ccc(OCCN3CCCCC3)cc2)cc1.Cc1ccc(N2CCc3cc(O)ccc3C2Cc2ccc(OCCN3CCCCC3)cc2)cn1. The van der Waals surface area contributed by atoms with Crippen molar-refractivity contribution >= 4 is 11.4 Å². The maximum Gasteiger partial charge on any atom is 0.119 e. The summed E-state index contributed by atoms with van der Waals surface area (Å²) in [6.07, 6.45) is 13.6. The van der Waals surface area contributed by atoms with E-state index in [9.17, 15) is 10.2 Å². The number of piperidine rings is 2. The van der Waals surface area contributed by atoms with Crippen LogP contribution < -0.4 is 19.3 Å². The molecule has 68 heavy (non-hydrogen) atoms. The van der Waals surface area contributed by atoms with E-state index >= 15 is 0 Å². The number of benzene rings is 5. The Balaban J connectivity index is 0.000000170. The molecule has 9 heteroatoms. The molecular formula is C59H71N5O4. The second kappa shape index (κ2) is 22.8. The second-order valence-corrected chi connectivity index (χ2v) is 19.4. The minimum atomic E-state index is 0.194. The molecule has 4 aliphatic rings. The number of likely N-dealkylation sites (tertiary alicyclic amines) is 2. The Morgan fingerprint density at radius 3 is 1.41 bits per heavy atom. The van der Waals surface area contributed by atoms with Crippen molar-refractivity contribution in [2.24, 2.45) is 0 Å². The van der Waals surface area contributed by atoms with Gasteiger partial charge in [-0.1, -0.05) is 66.9 Å². The number of hydrogen-bond donors (Lipinski definition) is 2. The average Bonchev–Trinajstić information content (AvgIpc) is 3.36. The van der Waals surface area contributed by atoms with Crippen LogP contribution in [0.25, 0.3) is 0 Å². The number of anilines is 2. The first kappa shape index (κ1) is 47.1. The molecule has 0 spiro atoms. The predicted molar refractivity (Wildman–Crippen MR) is 276 cm³/mol. The summed E-state index contributed by atoms with van der Waals surface area (Å²) in [5, 5.41) is 20.1. The van der Waals surface area contributed by atoms with Gasteiger partial charge in [0.25, 0.3) is 0 Å². The first-order valence-electron chi connectivity index (χ1n) is 25.4. The zero-order chi connectivity index (χ0) is 46.7. The summed E-state index contributed by atoms with van der Waals surface area (Å²) < 4.78 is 12.1. The van der Waals surface area contributed by atoms with Crippen molar-refractivity contribution in [1.82, 2.24) is 14.8 Å². The average molecular weight is 914 g/mol. The monoisotopic (exact) mass is 914 g/mol. The molecule has 5 aromatic carbocycles. The molecule has 2 fully saturated rings. The molecule has 2 unspecified atom stereocenters. The summed E-state index contributed by atoms with van der Waals surface area (Å²) in [7, 11) is 0. The Morgan fingerprint density at radius 2 is 0.956 bits per heavy atom. The third-order valence-corrected chi connectivity index (χ3v) is 14.5. The number of ether oxygens (including phenoxy) is 2. The molecule has 0 bridgehead atoms. The van der Waals surface area contributed by atoms with E-state index in [1.165, 1.54) is 109 Å². The highest BCUT2D eigenvalue weighted by Crippen LogP contribution is 2.39. The molecule has 9 nitrogen and oxygen atoms in total. The molecule has 5 heterocycles. The van der Waals surface area contributed by atoms with Gasteiger partial charge in [-0.2, -0.15) is 0 Å². The van der Waals surface area contributed by atoms with Crippen LogP contribution in [0.2, 0.25) is 0 Å². The van der Waals surface area contributed by atoms with Gasteiger partial charge in [0, 0.05) is 37.6 Å². The number of hydrogen-bond acceptors (Lipinski definition) is 9. The van der Waals surface area contributed by atoms with Crippen LogP contribution in [0.4, 0.5) is 11.4 Å². The van der Waals surface area contributed by atoms with Crippen LogP contribution in [0.1, 0.15) is 95.2 Å². The molecule has 0 amide bonds. The Morgan fingerprint density at radius 1 is 0.500 bits per heavy atom. The fourth-order valence-corrected chi connectivity index (χ4v) is 10.7. The highest BCUT2D eigenvalue weighted by Gasteiger charge is 2.30. The van der Waals surface area contributed by atoms with Crippen LogP contribution in [-0.2, 0) is 25.7 Å². The number of aryl methyl sites for hydroxylation is 2. The molecule has 2 saturated heterocycles. The topological polar surface area (TPSA) is 84.8 Å². The second-order valence-electron chi connectivity index (χ2n) is 19.4. The summed E-state index contributed by atoms with van der Waals surface area (Å²) in [5.74, 6) is 2.58. The molecule has 356 valence electrons. The van der Waals surface area contributed by atoms with Crippen LogP contribution in [0.15, 0.2) is 128 Å². The first-order chi connectivity index (χ1) is 33.3. The van der Waals surface area contributed by atoms with Gasteiger partial charge in [-0.15, -0.1) is 0 Å². The lowest BCUT2D eigenvalue weighted by atomic mass is 9.88. The summed E-state index contributed by atoms with van der Waals surface area (Å²) >= 11 is 0. The molecule has 6 aromatic rings. The maximum absolute atomic E-state index is 10.0. The van der Waals surface area contributed by atoms with Crippen molar-refractivity contribution in [1.29, 1.82) is 0 Å². The van der Waals surface area contributed by atoms with Crippen molar-refractivity contribution < 1.29 is 19.7 Å². The number of pyridine rings is 1. The van der Waals surface area contributed by atoms with Gasteiger partial charge in [0.15, 0.2) is 0 Å². The standard InChI is InChI=1S/C30H36N2O2.C29H35N3O2/c1-23-5-9-26(10-6-23)32-18-15-25-22-27(33)11-14-29(25)30(32)21-24-7-12-28(13-8-24)34-20-19-31-16-3-2-4-17-31;1-22-5-8-25(21-30-22)32-16-13-24-20-26(33)9-12-28(24)29(32)19-23-6-10-27(11-7-23)34-18-17-31-14-3-2-4-15-31/h5-14,22,30,33H,2-4,15-21H2,1H3;5-12,20-21,29,33H,2-4,13-19H2,1H3. The lowest BCUT2D eigenvalue weighted by molar-refractivity contribution is 0.183. The molecular weight excluding hydrogens is 843 g/mol. The largest absolute Gasteiger partial charge is 0.508 e. The van der Waals surface area contributed by atoms with E-state index in [1.54, 1.807) is 0 Å². The highest BCUT2D eigenvalue weighted by atomic mass is 16.5. The van der Waals surface area contributed by atoms with Crippen molar-refractivity contribution in [3.8, 4) is 23.0 Å². The van der Waals surface area contributed by atoms with Gasteiger partial charge in [0.1, 0.15) is 36.2 Å². The number of rotatable bonds is 14. The van der Waals surface area contributed by atoms with Crippen molar-refractivity contribution in [2.75, 3.05) is 75.4 Å². The molecule has 2 atom stereocenters. The molecule has 1 aromatic heterocycles. The predicted octanol–water partition coefficient (Wildman–Crippen LogP) is 11.2. The van der Waals surface area contributed by atoms with E-state index in [2.05, 4.69) is 129 Å². The van der Waals surface area contributed by atoms with Crippen LogP contribution in [0.3, 0.4) is 0 Å². The first-order valence-corrected chi connectivity index (χ1v) is 25.4. The van der Waals surface area contributed by atoms with Gasteiger partial charge in [-0.25, -0.2) is 0 Å². The number of aromatic nitrogens is 1. The Hall–Kier alpha value is -6.03. The van der Waals surface area contributed by atoms with Gasteiger partial charge in [0.05, 0.1) is 24.0 Å². The summed E-state index contributed by atoms with van der Waals surface area (Å²) in [6.45, 7) is 14.3. The van der Waals surface area contributed by atoms with Crippen molar-refractivity contribution in [3.05, 3.63) is 172 Å². The highest BCUT2D eigenvalue weighted by molar-refractivity contribution is 5.55. The molecule has 2 N–H and O–H groups in total. The summed E-state index contributed by atoms with van der Waals surface area (Å²) in [6, 6.07) is 42.4. The van der Waals surface area contributed by atoms with Gasteiger partial charge >= 0.3 is 0 Å². The Bertz CT molecular complexity index is 2320. The molecule has 0 aliphatic carbocycles. The summed E-state index contributed by atoms with van der Waals surface area (Å²) in [4.78, 5) is 14.5. The van der Waals surface area contributed by atoms with E-state index < -0.39 is 0 Å². The number of nitrogens with zero attached hydrogens (tertiary/aromatic N) is 5. The van der Waals surface area contributed by atoms with E-state index in [0.29, 0.717) is 11.5 Å². The van der Waals surface area contributed by atoms with Gasteiger partial charge in [-0.3, -0.25) is 14.8 Å². The molecule has 0 radical (unpaired) electrons. The number of phenolic OH excluding ortho intramolecular Hbond substituents is 2. The van der Waals surface area contributed by atoms with Crippen LogP contribution >= 0.6 is 0 Å². The van der Waals surface area contributed by atoms with Gasteiger partial charge in [0.2, 0.25) is 0 Å². The van der Waals surface area contributed by atoms with Gasteiger partial charge in [-0.05, 0) is 198 Å². The zero-order valence-corrected chi connectivity index (χ0v) is 40.4. The number of fused-ring (bicyclic) bond motifs is 2. The fraction of sp³-hybridized carbons (Fsp3) is 0.407. The Labute approximate surface area is 405 Å². The molecule has 4 aliphatic heterocycles. The van der Waals surface area contributed by atoms with E-state index in [0.717, 1.165) is 88.0 Å². The third kappa shape index (κ3) is 12.3. The maximum atomic E-state index is 10.0. The van der Waals surface area contributed by atoms with Crippen molar-refractivity contribution in [2.45, 2.75) is 90.1 Å². The minimum Gasteiger partial charge on any atom is -0.508 e. The Kier molecular flexibility index (Phi) is 15.8. The quantitative estimate of drug-likeness (QED) is 0.111. The van der Waals surface area contributed by atoms with Crippen LogP contribution in [0.5, 0.6) is 23.0 Å². The van der Waals surface area contributed by atoms with Crippen LogP contribution in [-0.4, -0.2) is 90.6 Å². The molecule has 0 saturated carbocycles. The smallest absolute Gasteiger partial charge is 0.119 e. The van der Waals surface area contributed by atoms with Gasteiger partial charge < -0.3 is 29.5 Å². The van der Waals surface area contributed by atoms with Crippen molar-refractivity contribution in [3.63, 3.8) is 0 Å². The minimum absolute atomic E-state index is 0.194. The van der Waals surface area contributed by atoms with E-state index in [1.807, 2.05) is 37.4 Å².